The summed E-state index contributed by atoms with van der Waals surface area (Å²) in [5.74, 6) is -0.988. The molecule has 3 rings (SSSR count). The third-order valence-corrected chi connectivity index (χ3v) is 4.90. The first-order valence-corrected chi connectivity index (χ1v) is 8.90. The lowest BCUT2D eigenvalue weighted by Crippen LogP contribution is -2.28. The van der Waals surface area contributed by atoms with Gasteiger partial charge >= 0.3 is 5.97 Å². The predicted molar refractivity (Wildman–Crippen MR) is 108 cm³/mol. The summed E-state index contributed by atoms with van der Waals surface area (Å²) < 4.78 is 4.84. The van der Waals surface area contributed by atoms with Gasteiger partial charge in [-0.15, -0.1) is 0 Å². The molecule has 6 nitrogen and oxygen atoms in total. The maximum absolute atomic E-state index is 13.0. The lowest BCUT2D eigenvalue weighted by atomic mass is 10.1. The number of fused-ring (bicyclic) bond motifs is 1. The normalized spacial score (nSPS) is 10.7. The molecular weight excluding hydrogens is 356 g/mol. The third-order valence-electron chi connectivity index (χ3n) is 4.90. The Morgan fingerprint density at radius 3 is 2.43 bits per heavy atom. The van der Waals surface area contributed by atoms with Gasteiger partial charge in [-0.25, -0.2) is 4.79 Å². The predicted octanol–water partition coefficient (Wildman–Crippen LogP) is 3.67. The number of carbonyl (C=O) groups is 3. The molecule has 0 spiro atoms. The smallest absolute Gasteiger partial charge is 0.339 e. The molecule has 2 aromatic carbocycles. The molecule has 0 saturated carbocycles. The van der Waals surface area contributed by atoms with Crippen LogP contribution in [-0.2, 0) is 16.0 Å². The Bertz CT molecular complexity index is 1080. The van der Waals surface area contributed by atoms with Crippen molar-refractivity contribution in [3.8, 4) is 0 Å². The van der Waals surface area contributed by atoms with E-state index in [0.717, 1.165) is 16.5 Å². The van der Waals surface area contributed by atoms with Crippen molar-refractivity contribution in [2.45, 2.75) is 20.3 Å². The van der Waals surface area contributed by atoms with E-state index in [9.17, 15) is 14.4 Å². The number of hydrogen-bond acceptors (Lipinski definition) is 4. The minimum atomic E-state index is -0.572. The van der Waals surface area contributed by atoms with Crippen LogP contribution >= 0.6 is 0 Å². The van der Waals surface area contributed by atoms with E-state index < -0.39 is 5.97 Å². The van der Waals surface area contributed by atoms with Gasteiger partial charge in [0.15, 0.2) is 5.78 Å². The molecule has 0 unspecified atom stereocenters. The van der Waals surface area contributed by atoms with Gasteiger partial charge in [-0.2, -0.15) is 0 Å². The Morgan fingerprint density at radius 1 is 1.07 bits per heavy atom. The van der Waals surface area contributed by atoms with Crippen LogP contribution in [0.2, 0.25) is 0 Å². The summed E-state index contributed by atoms with van der Waals surface area (Å²) in [5.41, 5.74) is 2.21. The van der Waals surface area contributed by atoms with E-state index >= 15 is 0 Å². The number of benzene rings is 2. The molecule has 0 radical (unpaired) electrons. The molecule has 1 N–H and O–H groups in total. The summed E-state index contributed by atoms with van der Waals surface area (Å²) in [6, 6.07) is 13.6. The number of amides is 1. The molecule has 1 amide bonds. The number of methoxy groups -OCH3 is 1. The number of aromatic nitrogens is 1. The number of carbonyl (C=O) groups excluding carboxylic acids is 3. The number of Topliss-reactive ketones (excluding diaryl/α,β-unsaturated/α-hetero) is 1. The fraction of sp³-hybridized carbons (Fsp3) is 0.227. The van der Waals surface area contributed by atoms with Crippen molar-refractivity contribution in [2.24, 2.45) is 0 Å². The average molecular weight is 378 g/mol. The maximum Gasteiger partial charge on any atom is 0.339 e. The van der Waals surface area contributed by atoms with Crippen molar-refractivity contribution in [1.29, 1.82) is 0 Å². The van der Waals surface area contributed by atoms with Gasteiger partial charge < -0.3 is 14.6 Å². The van der Waals surface area contributed by atoms with E-state index in [1.54, 1.807) is 18.9 Å². The lowest BCUT2D eigenvalue weighted by Gasteiger charge is -2.19. The van der Waals surface area contributed by atoms with Crippen LogP contribution in [0.15, 0.2) is 42.5 Å². The van der Waals surface area contributed by atoms with E-state index in [1.807, 2.05) is 42.5 Å². The number of ketones is 1. The third kappa shape index (κ3) is 3.41. The van der Waals surface area contributed by atoms with Crippen LogP contribution in [0, 0.1) is 6.92 Å². The van der Waals surface area contributed by atoms with Gasteiger partial charge in [-0.1, -0.05) is 36.4 Å². The minimum Gasteiger partial charge on any atom is -0.465 e. The van der Waals surface area contributed by atoms with Crippen molar-refractivity contribution >= 4 is 34.1 Å². The van der Waals surface area contributed by atoms with Gasteiger partial charge in [-0.3, -0.25) is 9.59 Å². The summed E-state index contributed by atoms with van der Waals surface area (Å²) >= 11 is 0. The zero-order valence-electron chi connectivity index (χ0n) is 16.3. The number of rotatable bonds is 5. The van der Waals surface area contributed by atoms with Crippen molar-refractivity contribution in [1.82, 2.24) is 4.98 Å². The zero-order valence-corrected chi connectivity index (χ0v) is 16.3. The maximum atomic E-state index is 13.0. The Morgan fingerprint density at radius 2 is 1.75 bits per heavy atom. The standard InChI is InChI=1S/C22H22N2O4/c1-13-20(22(27)28-4)17(23-21(13)14(2)25)12-19(26)24(3)18-11-7-9-15-8-5-6-10-16(15)18/h5-11,23H,12H2,1-4H3. The zero-order chi connectivity index (χ0) is 20.4. The number of likely N-dealkylation sites (N-methyl/N-ethyl adjacent to an activating group) is 1. The van der Waals surface area contributed by atoms with E-state index in [2.05, 4.69) is 4.98 Å². The molecule has 0 fully saturated rings. The van der Waals surface area contributed by atoms with Crippen LogP contribution < -0.4 is 4.90 Å². The first-order valence-electron chi connectivity index (χ1n) is 8.90. The quantitative estimate of drug-likeness (QED) is 0.543. The lowest BCUT2D eigenvalue weighted by molar-refractivity contribution is -0.117. The molecule has 144 valence electrons. The van der Waals surface area contributed by atoms with Crippen LogP contribution in [0.25, 0.3) is 10.8 Å². The SMILES string of the molecule is COC(=O)c1c(CC(=O)N(C)c2cccc3ccccc23)[nH]c(C(C)=O)c1C. The molecule has 1 heterocycles. The highest BCUT2D eigenvalue weighted by molar-refractivity contribution is 6.05. The van der Waals surface area contributed by atoms with Crippen molar-refractivity contribution in [3.63, 3.8) is 0 Å². The first kappa shape index (κ1) is 19.4. The number of H-pyrrole nitrogens is 1. The van der Waals surface area contributed by atoms with Crippen LogP contribution in [0.5, 0.6) is 0 Å². The monoisotopic (exact) mass is 378 g/mol. The van der Waals surface area contributed by atoms with Gasteiger partial charge in [0.05, 0.1) is 30.5 Å². The molecule has 6 heteroatoms. The van der Waals surface area contributed by atoms with Crippen molar-refractivity contribution < 1.29 is 19.1 Å². The number of hydrogen-bond donors (Lipinski definition) is 1. The molecular formula is C22H22N2O4. The molecule has 0 atom stereocenters. The summed E-state index contributed by atoms with van der Waals surface area (Å²) in [6.07, 6.45) is -0.0573. The fourth-order valence-electron chi connectivity index (χ4n) is 3.43. The molecule has 0 aliphatic heterocycles. The number of esters is 1. The van der Waals surface area contributed by atoms with Crippen LogP contribution in [0.4, 0.5) is 5.69 Å². The minimum absolute atomic E-state index is 0.0573. The molecule has 3 aromatic rings. The number of aromatic amines is 1. The number of nitrogens with one attached hydrogen (secondary N) is 1. The van der Waals surface area contributed by atoms with Crippen LogP contribution in [-0.4, -0.2) is 36.8 Å². The van der Waals surface area contributed by atoms with Crippen LogP contribution in [0.3, 0.4) is 0 Å². The van der Waals surface area contributed by atoms with Gasteiger partial charge in [0.2, 0.25) is 5.91 Å². The Balaban J connectivity index is 1.97. The highest BCUT2D eigenvalue weighted by Gasteiger charge is 2.25. The van der Waals surface area contributed by atoms with Gasteiger partial charge in [0, 0.05) is 25.1 Å². The second-order valence-electron chi connectivity index (χ2n) is 6.65. The Hall–Kier alpha value is -3.41. The van der Waals surface area contributed by atoms with Crippen LogP contribution in [0.1, 0.15) is 39.0 Å². The molecule has 0 aliphatic rings. The molecule has 1 aromatic heterocycles. The van der Waals surface area contributed by atoms with E-state index in [0.29, 0.717) is 17.0 Å². The summed E-state index contributed by atoms with van der Waals surface area (Å²) in [5, 5.41) is 1.99. The Labute approximate surface area is 163 Å². The largest absolute Gasteiger partial charge is 0.465 e. The highest BCUT2D eigenvalue weighted by Crippen LogP contribution is 2.27. The van der Waals surface area contributed by atoms with Gasteiger partial charge in [0.25, 0.3) is 0 Å². The number of nitrogens with zero attached hydrogens (tertiary/aromatic N) is 1. The van der Waals surface area contributed by atoms with Gasteiger partial charge in [0.1, 0.15) is 0 Å². The Kier molecular flexibility index (Phi) is 5.31. The molecule has 28 heavy (non-hydrogen) atoms. The second-order valence-corrected chi connectivity index (χ2v) is 6.65. The van der Waals surface area contributed by atoms with E-state index in [4.69, 9.17) is 4.74 Å². The first-order chi connectivity index (χ1) is 13.3. The average Bonchev–Trinajstić information content (AvgIpc) is 3.02. The van der Waals surface area contributed by atoms with Crippen molar-refractivity contribution in [2.75, 3.05) is 19.1 Å². The van der Waals surface area contributed by atoms with Gasteiger partial charge in [-0.05, 0) is 23.9 Å². The summed E-state index contributed by atoms with van der Waals surface area (Å²) in [4.78, 5) is 41.5. The fourth-order valence-corrected chi connectivity index (χ4v) is 3.43. The second kappa shape index (κ2) is 7.68. The highest BCUT2D eigenvalue weighted by atomic mass is 16.5. The molecule has 0 saturated heterocycles. The van der Waals surface area contributed by atoms with E-state index in [1.165, 1.54) is 14.0 Å². The number of ether oxygens (including phenoxy) is 1. The molecule has 0 aliphatic carbocycles. The summed E-state index contributed by atoms with van der Waals surface area (Å²) in [7, 11) is 2.97. The summed E-state index contributed by atoms with van der Waals surface area (Å²) in [6.45, 7) is 3.08. The van der Waals surface area contributed by atoms with E-state index in [-0.39, 0.29) is 23.7 Å². The molecule has 0 bridgehead atoms. The van der Waals surface area contributed by atoms with Crippen molar-refractivity contribution in [3.05, 3.63) is 65.0 Å². The topological polar surface area (TPSA) is 79.5 Å². The number of anilines is 1.